The van der Waals surface area contributed by atoms with E-state index in [-0.39, 0.29) is 55.1 Å². The Bertz CT molecular complexity index is 1510. The Hall–Kier alpha value is -5.32. The Kier molecular flexibility index (Phi) is 20.7. The fraction of sp³-hybridized carbons (Fsp3) is 0.579. The van der Waals surface area contributed by atoms with Crippen molar-refractivity contribution in [1.82, 2.24) is 30.3 Å². The van der Waals surface area contributed by atoms with E-state index in [4.69, 9.17) is 10.5 Å². The SMILES string of the molecule is CC.CC1NC(=O)C2CCCCN2C(=O)C2CCCN2C(=O)CCOC(=O)C2CCCN2C1=O.CNCC(N)=O.Cc1ccccc1.O=CNc1ncco1. The zero-order valence-electron chi connectivity index (χ0n) is 32.7. The molecule has 6 rings (SSSR count). The van der Waals surface area contributed by atoms with E-state index in [0.29, 0.717) is 51.7 Å². The summed E-state index contributed by atoms with van der Waals surface area (Å²) in [5.41, 5.74) is 6.02. The number of hydrogen-bond acceptors (Lipinski definition) is 11. The van der Waals surface area contributed by atoms with E-state index in [1.807, 2.05) is 32.0 Å². The molecule has 0 bridgehead atoms. The van der Waals surface area contributed by atoms with E-state index in [1.165, 1.54) is 22.9 Å². The molecule has 4 aliphatic rings. The number of benzene rings is 1. The van der Waals surface area contributed by atoms with Gasteiger partial charge in [-0.05, 0) is 65.8 Å². The van der Waals surface area contributed by atoms with Crippen molar-refractivity contribution >= 4 is 47.9 Å². The Morgan fingerprint density at radius 3 is 2.09 bits per heavy atom. The van der Waals surface area contributed by atoms with Crippen molar-refractivity contribution in [2.45, 2.75) is 103 Å². The quantitative estimate of drug-likeness (QED) is 0.259. The van der Waals surface area contributed by atoms with Crippen LogP contribution in [0.25, 0.3) is 0 Å². The van der Waals surface area contributed by atoms with Crippen LogP contribution >= 0.6 is 0 Å². The van der Waals surface area contributed by atoms with E-state index in [2.05, 4.69) is 44.4 Å². The summed E-state index contributed by atoms with van der Waals surface area (Å²) in [6.07, 6.45) is 7.92. The number of carbonyl (C=O) groups is 7. The monoisotopic (exact) mass is 770 g/mol. The molecule has 4 unspecified atom stereocenters. The number of anilines is 1. The van der Waals surface area contributed by atoms with Gasteiger partial charge in [-0.3, -0.25) is 34.1 Å². The third kappa shape index (κ3) is 14.8. The van der Waals surface area contributed by atoms with Crippen molar-refractivity contribution in [3.63, 3.8) is 0 Å². The first-order valence-corrected chi connectivity index (χ1v) is 18.9. The highest BCUT2D eigenvalue weighted by Crippen LogP contribution is 2.26. The standard InChI is InChI=1S/C22H32N4O6.C7H8.C4H4N2O2.C3H8N2O.C2H6/c1-14-20(29)26-12-5-8-17(26)22(31)32-13-9-18(27)24-11-4-7-16(24)21(30)25-10-3-2-6-15(25)19(28)23-14;1-7-5-3-2-4-6-7;7-3-6-4-5-1-2-8-4;1-5-2-3(4)6;1-2/h14-17H,2-13H2,1H3,(H,23,28);2-6H,1H3;1-3H,(H,5,6,7);5H,2H2,1H3,(H2,4,6);1-2H3. The van der Waals surface area contributed by atoms with Crippen LogP contribution in [-0.4, -0.2) is 126 Å². The molecule has 17 heteroatoms. The number of carbonyl (C=O) groups excluding carboxylic acids is 7. The molecule has 17 nitrogen and oxygen atoms in total. The summed E-state index contributed by atoms with van der Waals surface area (Å²) in [4.78, 5) is 92.5. The lowest BCUT2D eigenvalue weighted by Crippen LogP contribution is -2.59. The van der Waals surface area contributed by atoms with Gasteiger partial charge in [0.2, 0.25) is 35.9 Å². The highest BCUT2D eigenvalue weighted by molar-refractivity contribution is 5.95. The maximum Gasteiger partial charge on any atom is 0.328 e. The molecule has 4 aliphatic heterocycles. The number of oxazole rings is 1. The summed E-state index contributed by atoms with van der Waals surface area (Å²) in [6.45, 7) is 9.24. The second kappa shape index (κ2) is 24.9. The molecule has 0 radical (unpaired) electrons. The number of ether oxygens (including phenoxy) is 1. The average molecular weight is 771 g/mol. The number of primary amides is 1. The first-order valence-electron chi connectivity index (χ1n) is 18.9. The number of nitrogens with zero attached hydrogens (tertiary/aromatic N) is 4. The minimum atomic E-state index is -0.813. The number of rotatable bonds is 4. The third-order valence-corrected chi connectivity index (χ3v) is 8.95. The summed E-state index contributed by atoms with van der Waals surface area (Å²) in [5, 5.41) is 7.59. The molecule has 5 heterocycles. The third-order valence-electron chi connectivity index (χ3n) is 8.95. The van der Waals surface area contributed by atoms with E-state index in [1.54, 1.807) is 23.8 Å². The largest absolute Gasteiger partial charge is 0.464 e. The van der Waals surface area contributed by atoms with Gasteiger partial charge in [0.15, 0.2) is 0 Å². The highest BCUT2D eigenvalue weighted by atomic mass is 16.5. The van der Waals surface area contributed by atoms with E-state index < -0.39 is 30.1 Å². The van der Waals surface area contributed by atoms with Crippen molar-refractivity contribution in [3.05, 3.63) is 48.4 Å². The van der Waals surface area contributed by atoms with Gasteiger partial charge in [-0.1, -0.05) is 49.7 Å². The van der Waals surface area contributed by atoms with Crippen LogP contribution < -0.4 is 21.7 Å². The van der Waals surface area contributed by atoms with Crippen LogP contribution in [-0.2, 0) is 38.3 Å². The Labute approximate surface area is 323 Å². The van der Waals surface area contributed by atoms with Crippen molar-refractivity contribution in [2.24, 2.45) is 5.73 Å². The number of cyclic esters (lactones) is 1. The lowest BCUT2D eigenvalue weighted by atomic mass is 9.99. The van der Waals surface area contributed by atoms with Gasteiger partial charge in [0.05, 0.1) is 19.2 Å². The number of aromatic nitrogens is 1. The van der Waals surface area contributed by atoms with Gasteiger partial charge in [-0.2, -0.15) is 0 Å². The summed E-state index contributed by atoms with van der Waals surface area (Å²) >= 11 is 0. The van der Waals surface area contributed by atoms with Gasteiger partial charge in [-0.15, -0.1) is 0 Å². The van der Waals surface area contributed by atoms with Gasteiger partial charge < -0.3 is 40.2 Å². The number of likely N-dealkylation sites (N-methyl/N-ethyl adjacent to an activating group) is 1. The van der Waals surface area contributed by atoms with Crippen molar-refractivity contribution in [2.75, 3.05) is 45.2 Å². The van der Waals surface area contributed by atoms with Crippen molar-refractivity contribution < 1.29 is 42.7 Å². The van der Waals surface area contributed by atoms with Gasteiger partial charge in [-0.25, -0.2) is 9.78 Å². The molecule has 4 fully saturated rings. The molecular weight excluding hydrogens is 712 g/mol. The molecule has 0 spiro atoms. The molecule has 1 aromatic heterocycles. The van der Waals surface area contributed by atoms with Crippen molar-refractivity contribution in [1.29, 1.82) is 0 Å². The van der Waals surface area contributed by atoms with E-state index >= 15 is 0 Å². The minimum absolute atomic E-state index is 0.00347. The highest BCUT2D eigenvalue weighted by Gasteiger charge is 2.43. The normalized spacial score (nSPS) is 22.5. The summed E-state index contributed by atoms with van der Waals surface area (Å²) < 4.78 is 9.95. The molecule has 5 N–H and O–H groups in total. The first kappa shape index (κ1) is 45.8. The predicted molar refractivity (Wildman–Crippen MR) is 204 cm³/mol. The van der Waals surface area contributed by atoms with E-state index in [9.17, 15) is 33.6 Å². The number of esters is 1. The lowest BCUT2D eigenvalue weighted by Gasteiger charge is -2.38. The van der Waals surface area contributed by atoms with Crippen LogP contribution in [0.3, 0.4) is 0 Å². The molecule has 1 aromatic carbocycles. The summed E-state index contributed by atoms with van der Waals surface area (Å²) in [6, 6.07) is 7.72. The Morgan fingerprint density at radius 1 is 0.909 bits per heavy atom. The second-order valence-electron chi connectivity index (χ2n) is 12.9. The van der Waals surface area contributed by atoms with Gasteiger partial charge in [0, 0.05) is 19.6 Å². The smallest absolute Gasteiger partial charge is 0.328 e. The van der Waals surface area contributed by atoms with Crippen LogP contribution in [0.2, 0.25) is 0 Å². The molecule has 2 aromatic rings. The van der Waals surface area contributed by atoms with Crippen LogP contribution in [0.15, 0.2) is 47.2 Å². The summed E-state index contributed by atoms with van der Waals surface area (Å²) in [5.74, 6) is -1.99. The maximum absolute atomic E-state index is 13.4. The Balaban J connectivity index is 0.000000366. The number of fused-ring (bicyclic) bond motifs is 3. The molecule has 304 valence electrons. The van der Waals surface area contributed by atoms with E-state index in [0.717, 1.165) is 19.3 Å². The predicted octanol–water partition coefficient (Wildman–Crippen LogP) is 1.76. The zero-order chi connectivity index (χ0) is 40.8. The fourth-order valence-corrected chi connectivity index (χ4v) is 6.41. The Morgan fingerprint density at radius 2 is 1.53 bits per heavy atom. The van der Waals surface area contributed by atoms with Crippen LogP contribution in [0, 0.1) is 6.92 Å². The topological polar surface area (TPSA) is 227 Å². The first-order chi connectivity index (χ1) is 26.5. The maximum atomic E-state index is 13.4. The summed E-state index contributed by atoms with van der Waals surface area (Å²) in [7, 11) is 1.67. The van der Waals surface area contributed by atoms with Crippen LogP contribution in [0.4, 0.5) is 6.01 Å². The average Bonchev–Trinajstić information content (AvgIpc) is 3.99. The minimum Gasteiger partial charge on any atom is -0.464 e. The molecule has 55 heavy (non-hydrogen) atoms. The fourth-order valence-electron chi connectivity index (χ4n) is 6.41. The number of hydrogen-bond donors (Lipinski definition) is 4. The zero-order valence-corrected chi connectivity index (χ0v) is 32.7. The van der Waals surface area contributed by atoms with Gasteiger partial charge in [0.25, 0.3) is 0 Å². The van der Waals surface area contributed by atoms with Crippen LogP contribution in [0.1, 0.15) is 77.7 Å². The molecule has 6 amide bonds. The molecule has 0 aliphatic carbocycles. The van der Waals surface area contributed by atoms with Crippen molar-refractivity contribution in [3.8, 4) is 0 Å². The lowest BCUT2D eigenvalue weighted by molar-refractivity contribution is -0.156. The number of aryl methyl sites for hydroxylation is 1. The van der Waals surface area contributed by atoms with Gasteiger partial charge in [0.1, 0.15) is 37.0 Å². The second-order valence-corrected chi connectivity index (χ2v) is 12.9. The molecule has 4 atom stereocenters. The molecular formula is C38H58N8O9. The van der Waals surface area contributed by atoms with Crippen LogP contribution in [0.5, 0.6) is 0 Å². The number of piperidine rings is 1. The molecule has 0 saturated carbocycles. The number of nitrogens with one attached hydrogen (secondary N) is 3. The van der Waals surface area contributed by atoms with Gasteiger partial charge >= 0.3 is 12.0 Å². The number of amides is 6. The molecule has 4 saturated heterocycles. The number of nitrogens with two attached hydrogens (primary N) is 1.